The molecule has 4 heterocycles. The van der Waals surface area contributed by atoms with E-state index in [2.05, 4.69) is 39.8 Å². The summed E-state index contributed by atoms with van der Waals surface area (Å²) >= 11 is 0. The second-order valence-electron chi connectivity index (χ2n) is 23.6. The third-order valence-corrected chi connectivity index (χ3v) is 16.5. The molecule has 86 heavy (non-hydrogen) atoms. The molecule has 4 aromatic heterocycles. The Morgan fingerprint density at radius 3 is 0.663 bits per heavy atom. The molecule has 0 radical (unpaired) electrons. The zero-order chi connectivity index (χ0) is 59.7. The van der Waals surface area contributed by atoms with Gasteiger partial charge in [-0.15, -0.1) is 0 Å². The first-order chi connectivity index (χ1) is 42.4. The number of hydrogen-bond acceptors (Lipinski definition) is 14. The van der Waals surface area contributed by atoms with Gasteiger partial charge in [-0.05, 0) is 25.7 Å². The molecule has 14 nitrogen and oxygen atoms in total. The van der Waals surface area contributed by atoms with E-state index < -0.39 is 0 Å². The van der Waals surface area contributed by atoms with Gasteiger partial charge in [0, 0.05) is 48.5 Å². The predicted molar refractivity (Wildman–Crippen MR) is 346 cm³/mol. The molecule has 0 aliphatic heterocycles. The van der Waals surface area contributed by atoms with Crippen molar-refractivity contribution in [2.75, 3.05) is 26.4 Å². The Morgan fingerprint density at radius 1 is 0.279 bits per heavy atom. The third-order valence-electron chi connectivity index (χ3n) is 16.5. The average molecular weight is 1170 g/mol. The number of aromatic nitrogens is 4. The van der Waals surface area contributed by atoms with Crippen molar-refractivity contribution in [1.82, 2.24) is 19.9 Å². The highest BCUT2D eigenvalue weighted by molar-refractivity contribution is 6.04. The first-order valence-corrected chi connectivity index (χ1v) is 33.3. The van der Waals surface area contributed by atoms with E-state index >= 15 is 0 Å². The van der Waals surface area contributed by atoms with Gasteiger partial charge >= 0.3 is 0 Å². The van der Waals surface area contributed by atoms with Crippen LogP contribution in [0.1, 0.15) is 244 Å². The summed E-state index contributed by atoms with van der Waals surface area (Å²) in [5.74, 6) is 2.60. The highest BCUT2D eigenvalue weighted by Gasteiger charge is 2.25. The number of fused-ring (bicyclic) bond motifs is 8. The van der Waals surface area contributed by atoms with Crippen molar-refractivity contribution in [1.29, 1.82) is 10.5 Å². The third kappa shape index (κ3) is 17.0. The van der Waals surface area contributed by atoms with Gasteiger partial charge in [-0.2, -0.15) is 10.5 Å². The van der Waals surface area contributed by atoms with Crippen LogP contribution in [0.15, 0.2) is 66.2 Å². The van der Waals surface area contributed by atoms with E-state index in [9.17, 15) is 10.5 Å². The van der Waals surface area contributed by atoms with Crippen molar-refractivity contribution in [3.63, 3.8) is 0 Å². The molecule has 0 aliphatic carbocycles. The second kappa shape index (κ2) is 33.5. The molecule has 0 bridgehead atoms. The standard InChI is InChI=1S/C72H92N6O8/c1-5-9-13-17-21-25-29-33-37-79-61-41-53-54(42-62(61)80-38-34-30-26-22-18-14-10-6-2)76-58-46-66-65(45-57(58)75-53)83-69-51(49-73)71-72(52(50-74)70(69)84-66)86-68-48-60-59(47-67(68)85-71)77-55-43-63(81-39-35-31-27-23-19-15-11-7-3)64(44-56(55)78-60)82-40-36-32-28-24-20-16-12-8-4/h41-48H,5-40H2,1-4H3. The second-order valence-corrected chi connectivity index (χ2v) is 23.6. The summed E-state index contributed by atoms with van der Waals surface area (Å²) < 4.78 is 52.0. The molecular formula is C72H92N6O8. The van der Waals surface area contributed by atoms with Crippen molar-refractivity contribution in [2.45, 2.75) is 233 Å². The number of hydrogen-bond donors (Lipinski definition) is 0. The highest BCUT2D eigenvalue weighted by atomic mass is 16.5. The van der Waals surface area contributed by atoms with Gasteiger partial charge < -0.3 is 36.6 Å². The Bertz CT molecular complexity index is 3290. The van der Waals surface area contributed by atoms with Crippen LogP contribution < -0.4 is 18.9 Å². The first kappa shape index (κ1) is 63.2. The maximum atomic E-state index is 10.8. The van der Waals surface area contributed by atoms with Gasteiger partial charge in [-0.25, -0.2) is 19.9 Å². The normalized spacial score (nSPS) is 11.7. The van der Waals surface area contributed by atoms with Crippen LogP contribution >= 0.6 is 0 Å². The van der Waals surface area contributed by atoms with Crippen LogP contribution in [0.25, 0.3) is 88.8 Å². The topological polar surface area (TPSA) is 189 Å². The van der Waals surface area contributed by atoms with Crippen LogP contribution in [0, 0.1) is 22.7 Å². The van der Waals surface area contributed by atoms with Gasteiger partial charge in [-0.1, -0.05) is 207 Å². The zero-order valence-electron chi connectivity index (χ0n) is 52.0. The van der Waals surface area contributed by atoms with Crippen LogP contribution in [0.4, 0.5) is 0 Å². The van der Waals surface area contributed by atoms with E-state index in [1.54, 1.807) is 24.3 Å². The Morgan fingerprint density at radius 2 is 0.465 bits per heavy atom. The Labute approximate surface area is 508 Å². The van der Waals surface area contributed by atoms with E-state index in [0.717, 1.165) is 51.4 Å². The molecule has 0 spiro atoms. The van der Waals surface area contributed by atoms with Crippen molar-refractivity contribution in [3.05, 3.63) is 59.7 Å². The molecule has 9 rings (SSSR count). The summed E-state index contributed by atoms with van der Waals surface area (Å²) in [6, 6.07) is 19.1. The van der Waals surface area contributed by atoms with Gasteiger partial charge in [0.15, 0.2) is 67.7 Å². The zero-order valence-corrected chi connectivity index (χ0v) is 52.0. The van der Waals surface area contributed by atoms with Gasteiger partial charge in [0.1, 0.15) is 23.3 Å². The lowest BCUT2D eigenvalue weighted by Crippen LogP contribution is -2.03. The Hall–Kier alpha value is -7.32. The number of nitrogens with zero attached hydrogens (tertiary/aromatic N) is 6. The van der Waals surface area contributed by atoms with Crippen LogP contribution in [-0.2, 0) is 0 Å². The number of nitriles is 2. The Balaban J connectivity index is 1.00. The SMILES string of the molecule is CCCCCCCCCCOc1cc2nc3cc4oc5c(C#N)c6oc7cc8nc9cc(OCCCCCCCCCC)c(OCCCCCCCCCC)cc9nc8cc7oc6c(C#N)c5oc4cc3nc2cc1OCCCCCCCCCC. The molecule has 14 heteroatoms. The summed E-state index contributed by atoms with van der Waals surface area (Å²) in [5.41, 5.74) is 5.99. The fourth-order valence-electron chi connectivity index (χ4n) is 11.5. The molecule has 458 valence electrons. The maximum Gasteiger partial charge on any atom is 0.193 e. The summed E-state index contributed by atoms with van der Waals surface area (Å²) in [6.45, 7) is 11.3. The van der Waals surface area contributed by atoms with Crippen LogP contribution in [-0.4, -0.2) is 46.4 Å². The van der Waals surface area contributed by atoms with Gasteiger partial charge in [0.2, 0.25) is 0 Å². The van der Waals surface area contributed by atoms with Gasteiger partial charge in [-0.3, -0.25) is 0 Å². The molecule has 0 aliphatic rings. The molecule has 0 fully saturated rings. The Kier molecular flexibility index (Phi) is 24.7. The molecule has 0 unspecified atom stereocenters. The maximum absolute atomic E-state index is 10.8. The molecule has 0 amide bonds. The lowest BCUT2D eigenvalue weighted by molar-refractivity contribution is 0.259. The summed E-state index contributed by atoms with van der Waals surface area (Å²) in [4.78, 5) is 20.2. The smallest absolute Gasteiger partial charge is 0.193 e. The van der Waals surface area contributed by atoms with E-state index in [4.69, 9.17) is 56.6 Å². The van der Waals surface area contributed by atoms with E-state index in [0.29, 0.717) is 116 Å². The molecule has 0 saturated carbocycles. The number of benzene rings is 5. The molecule has 0 saturated heterocycles. The van der Waals surface area contributed by atoms with Crippen LogP contribution in [0.2, 0.25) is 0 Å². The molecule has 0 N–H and O–H groups in total. The number of rotatable bonds is 40. The summed E-state index contributed by atoms with van der Waals surface area (Å²) in [5, 5.41) is 21.7. The molecule has 5 aromatic carbocycles. The largest absolute Gasteiger partial charge is 0.490 e. The minimum Gasteiger partial charge on any atom is -0.490 e. The fourth-order valence-corrected chi connectivity index (χ4v) is 11.5. The minimum atomic E-state index is -0.00439. The van der Waals surface area contributed by atoms with Crippen molar-refractivity contribution >= 4 is 88.8 Å². The predicted octanol–water partition coefficient (Wildman–Crippen LogP) is 21.8. The van der Waals surface area contributed by atoms with Crippen LogP contribution in [0.5, 0.6) is 23.0 Å². The van der Waals surface area contributed by atoms with E-state index in [-0.39, 0.29) is 33.5 Å². The number of ether oxygens (including phenoxy) is 4. The lowest BCUT2D eigenvalue weighted by Gasteiger charge is -2.14. The monoisotopic (exact) mass is 1170 g/mol. The molecular weight excluding hydrogens is 1080 g/mol. The van der Waals surface area contributed by atoms with E-state index in [1.807, 2.05) is 24.3 Å². The van der Waals surface area contributed by atoms with Gasteiger partial charge in [0.25, 0.3) is 0 Å². The number of unbranched alkanes of at least 4 members (excludes halogenated alkanes) is 28. The summed E-state index contributed by atoms with van der Waals surface area (Å²) in [6.07, 6.45) is 38.7. The van der Waals surface area contributed by atoms with Crippen molar-refractivity contribution < 1.29 is 36.6 Å². The summed E-state index contributed by atoms with van der Waals surface area (Å²) in [7, 11) is 0. The van der Waals surface area contributed by atoms with Crippen molar-refractivity contribution in [3.8, 4) is 35.1 Å². The molecule has 9 aromatic rings. The first-order valence-electron chi connectivity index (χ1n) is 33.3. The van der Waals surface area contributed by atoms with Crippen molar-refractivity contribution in [2.24, 2.45) is 0 Å². The van der Waals surface area contributed by atoms with Gasteiger partial charge in [0.05, 0.1) is 70.6 Å². The lowest BCUT2D eigenvalue weighted by atomic mass is 10.1. The molecule has 0 atom stereocenters. The van der Waals surface area contributed by atoms with E-state index in [1.165, 1.54) is 154 Å². The highest BCUT2D eigenvalue weighted by Crippen LogP contribution is 2.40. The quantitative estimate of drug-likeness (QED) is 0.0260. The minimum absolute atomic E-state index is 0.00439. The average Bonchev–Trinajstić information content (AvgIpc) is 0.929. The van der Waals surface area contributed by atoms with Crippen LogP contribution in [0.3, 0.4) is 0 Å². The fraction of sp³-hybridized carbons (Fsp3) is 0.556.